The van der Waals surface area contributed by atoms with Crippen molar-refractivity contribution in [3.05, 3.63) is 94.8 Å². The highest BCUT2D eigenvalue weighted by atomic mass is 35.5. The first-order valence-electron chi connectivity index (χ1n) is 12.0. The minimum atomic E-state index is -2.19. The molecule has 1 aliphatic heterocycles. The molecule has 4 aromatic carbocycles. The van der Waals surface area contributed by atoms with Gasteiger partial charge in [0.25, 0.3) is 5.91 Å². The zero-order chi connectivity index (χ0) is 27.7. The third kappa shape index (κ3) is 5.29. The Morgan fingerprint density at radius 2 is 1.41 bits per heavy atom. The van der Waals surface area contributed by atoms with Crippen molar-refractivity contribution in [3.8, 4) is 5.75 Å². The summed E-state index contributed by atoms with van der Waals surface area (Å²) in [6, 6.07) is 18.1. The molecule has 0 atom stereocenters. The lowest BCUT2D eigenvalue weighted by Crippen LogP contribution is -2.47. The van der Waals surface area contributed by atoms with Crippen molar-refractivity contribution in [2.45, 2.75) is 0 Å². The van der Waals surface area contributed by atoms with E-state index >= 15 is 0 Å². The van der Waals surface area contributed by atoms with Gasteiger partial charge in [-0.3, -0.25) is 4.79 Å². The monoisotopic (exact) mass is 561 g/mol. The third-order valence-corrected chi connectivity index (χ3v) is 6.77. The topological polar surface area (TPSA) is 44.8 Å². The lowest BCUT2D eigenvalue weighted by molar-refractivity contribution is -0.118. The Hall–Kier alpha value is -4.05. The Labute approximate surface area is 225 Å². The number of hydrogen-bond donors (Lipinski definition) is 1. The van der Waals surface area contributed by atoms with Crippen molar-refractivity contribution in [2.75, 3.05) is 47.9 Å². The highest BCUT2D eigenvalue weighted by Gasteiger charge is 2.31. The molecule has 0 saturated carbocycles. The minimum Gasteiger partial charge on any atom is -0.483 e. The molecule has 4 aromatic rings. The van der Waals surface area contributed by atoms with Crippen LogP contribution in [0.5, 0.6) is 5.75 Å². The number of halogens is 6. The van der Waals surface area contributed by atoms with Crippen LogP contribution in [-0.2, 0) is 4.79 Å². The van der Waals surface area contributed by atoms with Gasteiger partial charge in [-0.1, -0.05) is 48.0 Å². The Kier molecular flexibility index (Phi) is 7.47. The second-order valence-corrected chi connectivity index (χ2v) is 9.28. The zero-order valence-corrected chi connectivity index (χ0v) is 21.0. The number of amides is 1. The van der Waals surface area contributed by atoms with Crippen LogP contribution in [0.15, 0.2) is 60.7 Å². The van der Waals surface area contributed by atoms with Crippen LogP contribution in [0.25, 0.3) is 10.8 Å². The van der Waals surface area contributed by atoms with Gasteiger partial charge in [-0.2, -0.15) is 0 Å². The van der Waals surface area contributed by atoms with Crippen molar-refractivity contribution in [2.24, 2.45) is 0 Å². The molecule has 1 amide bonds. The van der Waals surface area contributed by atoms with Gasteiger partial charge >= 0.3 is 0 Å². The molecular weight excluding hydrogens is 541 g/mol. The maximum Gasteiger partial charge on any atom is 0.262 e. The van der Waals surface area contributed by atoms with Crippen LogP contribution in [0.3, 0.4) is 0 Å². The fraction of sp³-hybridized carbons (Fsp3) is 0.179. The van der Waals surface area contributed by atoms with E-state index in [2.05, 4.69) is 5.32 Å². The molecule has 202 valence electrons. The molecular formula is C28H21ClF5N3O2. The standard InChI is InChI=1S/C28H21ClF5N3O2/c29-19-14-17(35-22(38)15-39-21-7-3-5-16-4-1-2-6-18(16)21)8-9-20(19)36-10-12-37(13-11-36)28-26(33)24(31)23(30)25(32)27(28)34/h1-9,14H,10-13,15H2,(H,35,38). The highest BCUT2D eigenvalue weighted by molar-refractivity contribution is 6.33. The predicted octanol–water partition coefficient (Wildman–Crippen LogP) is 6.53. The number of nitrogens with one attached hydrogen (secondary N) is 1. The number of benzene rings is 4. The molecule has 5 rings (SSSR count). The van der Waals surface area contributed by atoms with Gasteiger partial charge in [-0.05, 0) is 29.7 Å². The summed E-state index contributed by atoms with van der Waals surface area (Å²) in [6.45, 7) is 0.206. The highest BCUT2D eigenvalue weighted by Crippen LogP contribution is 2.34. The molecule has 1 N–H and O–H groups in total. The van der Waals surface area contributed by atoms with Gasteiger partial charge in [0.15, 0.2) is 29.9 Å². The van der Waals surface area contributed by atoms with Crippen molar-refractivity contribution in [1.29, 1.82) is 0 Å². The molecule has 0 aromatic heterocycles. The van der Waals surface area contributed by atoms with Crippen LogP contribution in [0.2, 0.25) is 5.02 Å². The molecule has 11 heteroatoms. The number of carbonyl (C=O) groups excluding carboxylic acids is 1. The molecule has 1 saturated heterocycles. The molecule has 0 spiro atoms. The van der Waals surface area contributed by atoms with Gasteiger partial charge in [0.2, 0.25) is 5.82 Å². The predicted molar refractivity (Wildman–Crippen MR) is 140 cm³/mol. The van der Waals surface area contributed by atoms with Crippen LogP contribution < -0.4 is 19.9 Å². The number of anilines is 3. The smallest absolute Gasteiger partial charge is 0.262 e. The molecule has 0 bridgehead atoms. The summed E-state index contributed by atoms with van der Waals surface area (Å²) in [7, 11) is 0. The van der Waals surface area contributed by atoms with Gasteiger partial charge in [0, 0.05) is 37.3 Å². The molecule has 0 radical (unpaired) electrons. The summed E-state index contributed by atoms with van der Waals surface area (Å²) in [6.07, 6.45) is 0. The largest absolute Gasteiger partial charge is 0.483 e. The van der Waals surface area contributed by atoms with Crippen LogP contribution in [0.4, 0.5) is 39.0 Å². The van der Waals surface area contributed by atoms with E-state index in [0.29, 0.717) is 22.1 Å². The molecule has 0 unspecified atom stereocenters. The first-order chi connectivity index (χ1) is 18.7. The maximum atomic E-state index is 14.2. The van der Waals surface area contributed by atoms with Gasteiger partial charge < -0.3 is 19.9 Å². The van der Waals surface area contributed by atoms with Gasteiger partial charge in [-0.15, -0.1) is 0 Å². The van der Waals surface area contributed by atoms with E-state index in [1.54, 1.807) is 24.3 Å². The molecule has 39 heavy (non-hydrogen) atoms. The van der Waals surface area contributed by atoms with Gasteiger partial charge in [-0.25, -0.2) is 22.0 Å². The first-order valence-corrected chi connectivity index (χ1v) is 12.3. The number of piperazine rings is 1. The summed E-state index contributed by atoms with van der Waals surface area (Å²) in [5.74, 6) is -9.66. The van der Waals surface area contributed by atoms with E-state index in [9.17, 15) is 26.7 Å². The van der Waals surface area contributed by atoms with Crippen LogP contribution in [0, 0.1) is 29.1 Å². The lowest BCUT2D eigenvalue weighted by atomic mass is 10.1. The van der Waals surface area contributed by atoms with Crippen LogP contribution in [-0.4, -0.2) is 38.7 Å². The average molecular weight is 562 g/mol. The SMILES string of the molecule is O=C(COc1cccc2ccccc12)Nc1ccc(N2CCN(c3c(F)c(F)c(F)c(F)c3F)CC2)c(Cl)c1. The fourth-order valence-electron chi connectivity index (χ4n) is 4.54. The van der Waals surface area contributed by atoms with Gasteiger partial charge in [0.1, 0.15) is 11.4 Å². The van der Waals surface area contributed by atoms with E-state index < -0.39 is 34.8 Å². The quantitative estimate of drug-likeness (QED) is 0.165. The Morgan fingerprint density at radius 1 is 0.795 bits per heavy atom. The number of ether oxygens (including phenoxy) is 1. The maximum absolute atomic E-state index is 14.2. The summed E-state index contributed by atoms with van der Waals surface area (Å²) in [4.78, 5) is 15.4. The van der Waals surface area contributed by atoms with Crippen molar-refractivity contribution in [3.63, 3.8) is 0 Å². The second kappa shape index (κ2) is 11.0. The van der Waals surface area contributed by atoms with Crippen molar-refractivity contribution in [1.82, 2.24) is 0 Å². The van der Waals surface area contributed by atoms with E-state index in [1.165, 1.54) is 0 Å². The second-order valence-electron chi connectivity index (χ2n) is 8.87. The van der Waals surface area contributed by atoms with Crippen molar-refractivity contribution >= 4 is 45.3 Å². The van der Waals surface area contributed by atoms with Gasteiger partial charge in [0.05, 0.1) is 10.7 Å². The lowest BCUT2D eigenvalue weighted by Gasteiger charge is -2.38. The summed E-state index contributed by atoms with van der Waals surface area (Å²) < 4.78 is 74.7. The Bertz CT molecular complexity index is 1530. The van der Waals surface area contributed by atoms with Crippen LogP contribution >= 0.6 is 11.6 Å². The van der Waals surface area contributed by atoms with Crippen LogP contribution in [0.1, 0.15) is 0 Å². The summed E-state index contributed by atoms with van der Waals surface area (Å²) >= 11 is 6.45. The normalized spacial score (nSPS) is 13.6. The number of hydrogen-bond acceptors (Lipinski definition) is 4. The van der Waals surface area contributed by atoms with E-state index in [-0.39, 0.29) is 38.7 Å². The summed E-state index contributed by atoms with van der Waals surface area (Å²) in [5, 5.41) is 4.92. The molecule has 1 heterocycles. The van der Waals surface area contributed by atoms with E-state index in [0.717, 1.165) is 15.7 Å². The number of carbonyl (C=O) groups is 1. The zero-order valence-electron chi connectivity index (χ0n) is 20.3. The van der Waals surface area contributed by atoms with E-state index in [1.807, 2.05) is 41.3 Å². The average Bonchev–Trinajstić information content (AvgIpc) is 2.94. The first kappa shape index (κ1) is 26.6. The number of rotatable bonds is 6. The van der Waals surface area contributed by atoms with E-state index in [4.69, 9.17) is 16.3 Å². The Balaban J connectivity index is 1.20. The third-order valence-electron chi connectivity index (χ3n) is 6.46. The molecule has 0 aliphatic carbocycles. The summed E-state index contributed by atoms with van der Waals surface area (Å²) in [5.41, 5.74) is 0.0926. The number of fused-ring (bicyclic) bond motifs is 1. The molecule has 1 aliphatic rings. The Morgan fingerprint density at radius 3 is 2.10 bits per heavy atom. The molecule has 5 nitrogen and oxygen atoms in total. The van der Waals surface area contributed by atoms with Crippen molar-refractivity contribution < 1.29 is 31.5 Å². The number of nitrogens with zero attached hydrogens (tertiary/aromatic N) is 2. The fourth-order valence-corrected chi connectivity index (χ4v) is 4.85. The minimum absolute atomic E-state index is 0.00131. The molecule has 1 fully saturated rings.